The van der Waals surface area contributed by atoms with Crippen LogP contribution in [0, 0.1) is 17.0 Å². The first-order valence-electron chi connectivity index (χ1n) is 11.2. The lowest BCUT2D eigenvalue weighted by Gasteiger charge is -2.27. The number of esters is 1. The van der Waals surface area contributed by atoms with Gasteiger partial charge in [0.25, 0.3) is 11.6 Å². The van der Waals surface area contributed by atoms with Crippen molar-refractivity contribution in [3.63, 3.8) is 0 Å². The van der Waals surface area contributed by atoms with Crippen molar-refractivity contribution >= 4 is 46.1 Å². The van der Waals surface area contributed by atoms with Gasteiger partial charge in [0.1, 0.15) is 11.0 Å². The minimum Gasteiger partial charge on any atom is -0.423 e. The van der Waals surface area contributed by atoms with Crippen LogP contribution in [0.4, 0.5) is 11.4 Å². The summed E-state index contributed by atoms with van der Waals surface area (Å²) in [5, 5.41) is 13.8. The number of hydrogen-bond donors (Lipinski definition) is 1. The van der Waals surface area contributed by atoms with Gasteiger partial charge in [-0.1, -0.05) is 11.8 Å². The van der Waals surface area contributed by atoms with Gasteiger partial charge in [0, 0.05) is 36.8 Å². The van der Waals surface area contributed by atoms with E-state index in [4.69, 9.17) is 4.74 Å². The van der Waals surface area contributed by atoms with Crippen molar-refractivity contribution in [2.75, 3.05) is 18.4 Å². The lowest BCUT2D eigenvalue weighted by Crippen LogP contribution is -2.33. The molecule has 35 heavy (non-hydrogen) atoms. The molecule has 1 fully saturated rings. The molecule has 0 radical (unpaired) electrons. The van der Waals surface area contributed by atoms with Crippen LogP contribution in [0.15, 0.2) is 47.5 Å². The molecule has 11 heteroatoms. The van der Waals surface area contributed by atoms with Gasteiger partial charge in [-0.05, 0) is 62.6 Å². The Morgan fingerprint density at radius 1 is 1.17 bits per heavy atom. The van der Waals surface area contributed by atoms with Gasteiger partial charge in [0.15, 0.2) is 5.17 Å². The molecule has 1 saturated heterocycles. The molecule has 2 aliphatic rings. The summed E-state index contributed by atoms with van der Waals surface area (Å²) in [7, 11) is 0. The fraction of sp³-hybridized carbons (Fsp3) is 0.333. The van der Waals surface area contributed by atoms with Crippen molar-refractivity contribution in [3.8, 4) is 5.75 Å². The van der Waals surface area contributed by atoms with E-state index < -0.39 is 16.1 Å². The molecule has 1 N–H and O–H groups in total. The molecule has 2 aliphatic heterocycles. The van der Waals surface area contributed by atoms with E-state index in [9.17, 15) is 24.5 Å². The third kappa shape index (κ3) is 6.04. The molecule has 10 nitrogen and oxygen atoms in total. The van der Waals surface area contributed by atoms with Crippen LogP contribution in [0.1, 0.15) is 41.6 Å². The summed E-state index contributed by atoms with van der Waals surface area (Å²) in [6.45, 7) is 3.33. The Morgan fingerprint density at radius 2 is 1.89 bits per heavy atom. The minimum absolute atomic E-state index is 0.00757. The highest BCUT2D eigenvalue weighted by Gasteiger charge is 2.33. The lowest BCUT2D eigenvalue weighted by atomic mass is 10.1. The number of carbonyl (C=O) groups excluding carboxylic acids is 3. The van der Waals surface area contributed by atoms with Gasteiger partial charge in [0.05, 0.1) is 10.5 Å². The van der Waals surface area contributed by atoms with Crippen molar-refractivity contribution in [3.05, 3.63) is 63.7 Å². The molecule has 2 aromatic carbocycles. The molecular formula is C24H24N4O6S. The molecule has 0 spiro atoms. The first-order chi connectivity index (χ1) is 16.8. The summed E-state index contributed by atoms with van der Waals surface area (Å²) in [5.41, 5.74) is 1.05. The van der Waals surface area contributed by atoms with E-state index in [2.05, 4.69) is 15.2 Å². The van der Waals surface area contributed by atoms with Crippen LogP contribution in [0.25, 0.3) is 0 Å². The molecular weight excluding hydrogens is 472 g/mol. The number of aliphatic imine (C=N–C) groups is 1. The number of thioether (sulfide) groups is 1. The average molecular weight is 497 g/mol. The number of anilines is 1. The Kier molecular flexibility index (Phi) is 7.45. The van der Waals surface area contributed by atoms with E-state index in [1.54, 1.807) is 19.1 Å². The molecule has 2 aromatic rings. The fourth-order valence-electron chi connectivity index (χ4n) is 3.86. The second-order valence-corrected chi connectivity index (χ2v) is 9.48. The second kappa shape index (κ2) is 10.7. The zero-order valence-electron chi connectivity index (χ0n) is 19.1. The van der Waals surface area contributed by atoms with Crippen LogP contribution in [-0.4, -0.2) is 51.1 Å². The highest BCUT2D eigenvalue weighted by Crippen LogP contribution is 2.29. The third-order valence-corrected chi connectivity index (χ3v) is 6.92. The number of nitrogens with one attached hydrogen (secondary N) is 1. The Hall–Kier alpha value is -3.73. The van der Waals surface area contributed by atoms with Gasteiger partial charge in [-0.3, -0.25) is 19.7 Å². The fourth-order valence-corrected chi connectivity index (χ4v) is 4.98. The number of benzene rings is 2. The molecule has 2 amide bonds. The molecule has 4 rings (SSSR count). The predicted octanol–water partition coefficient (Wildman–Crippen LogP) is 3.93. The maximum absolute atomic E-state index is 12.5. The topological polar surface area (TPSA) is 131 Å². The maximum Gasteiger partial charge on any atom is 0.343 e. The number of amidine groups is 1. The third-order valence-electron chi connectivity index (χ3n) is 5.71. The van der Waals surface area contributed by atoms with Crippen LogP contribution in [-0.2, 0) is 9.59 Å². The van der Waals surface area contributed by atoms with Gasteiger partial charge in [-0.2, -0.15) is 4.99 Å². The van der Waals surface area contributed by atoms with E-state index in [0.29, 0.717) is 16.4 Å². The van der Waals surface area contributed by atoms with E-state index >= 15 is 0 Å². The number of amides is 2. The molecule has 182 valence electrons. The quantitative estimate of drug-likeness (QED) is 0.275. The number of aryl methyl sites for hydroxylation is 1. The number of nitro groups is 1. The predicted molar refractivity (Wildman–Crippen MR) is 132 cm³/mol. The average Bonchev–Trinajstić information content (AvgIpc) is 3.19. The minimum atomic E-state index is -0.633. The van der Waals surface area contributed by atoms with E-state index in [-0.39, 0.29) is 35.2 Å². The van der Waals surface area contributed by atoms with E-state index in [1.165, 1.54) is 48.5 Å². The van der Waals surface area contributed by atoms with Crippen LogP contribution in [0.3, 0.4) is 0 Å². The van der Waals surface area contributed by atoms with Gasteiger partial charge >= 0.3 is 5.97 Å². The summed E-state index contributed by atoms with van der Waals surface area (Å²) >= 11 is 1.34. The zero-order valence-corrected chi connectivity index (χ0v) is 19.9. The SMILES string of the molecule is Cc1cc(OC(=O)c2ccc(NC(=O)CC3SC(N4CCCCC4)=NC3=O)cc2)ccc1[N+](=O)[O-]. The Balaban J connectivity index is 1.29. The number of carbonyl (C=O) groups is 3. The second-order valence-electron chi connectivity index (χ2n) is 8.31. The standard InChI is InChI=1S/C24H24N4O6S/c1-15-13-18(9-10-19(15)28(32)33)34-23(31)16-5-7-17(8-6-16)25-21(29)14-20-22(30)26-24(35-20)27-11-3-2-4-12-27/h5-10,13,20H,2-4,11-12,14H2,1H3,(H,25,29). The van der Waals surface area contributed by atoms with Gasteiger partial charge in [-0.25, -0.2) is 4.79 Å². The normalized spacial score (nSPS) is 17.6. The summed E-state index contributed by atoms with van der Waals surface area (Å²) in [6.07, 6.45) is 3.35. The number of nitro benzene ring substituents is 1. The highest BCUT2D eigenvalue weighted by molar-refractivity contribution is 8.15. The largest absolute Gasteiger partial charge is 0.423 e. The number of piperidine rings is 1. The van der Waals surface area contributed by atoms with Crippen molar-refractivity contribution in [1.82, 2.24) is 4.90 Å². The van der Waals surface area contributed by atoms with Gasteiger partial charge < -0.3 is 15.0 Å². The monoisotopic (exact) mass is 496 g/mol. The number of likely N-dealkylation sites (tertiary alicyclic amines) is 1. The maximum atomic E-state index is 12.5. The van der Waals surface area contributed by atoms with Crippen molar-refractivity contribution in [2.24, 2.45) is 4.99 Å². The first-order valence-corrected chi connectivity index (χ1v) is 12.1. The molecule has 0 aromatic heterocycles. The first kappa shape index (κ1) is 24.4. The van der Waals surface area contributed by atoms with Gasteiger partial charge in [-0.15, -0.1) is 0 Å². The van der Waals surface area contributed by atoms with Crippen molar-refractivity contribution in [2.45, 2.75) is 37.9 Å². The van der Waals surface area contributed by atoms with Crippen LogP contribution >= 0.6 is 11.8 Å². The number of nitrogens with zero attached hydrogens (tertiary/aromatic N) is 3. The summed E-state index contributed by atoms with van der Waals surface area (Å²) in [6, 6.07) is 10.2. The van der Waals surface area contributed by atoms with E-state index in [0.717, 1.165) is 25.9 Å². The summed E-state index contributed by atoms with van der Waals surface area (Å²) < 4.78 is 5.29. The number of hydrogen-bond acceptors (Lipinski definition) is 8. The van der Waals surface area contributed by atoms with Gasteiger partial charge in [0.2, 0.25) is 5.91 Å². The number of ether oxygens (including phenoxy) is 1. The van der Waals surface area contributed by atoms with Crippen LogP contribution in [0.5, 0.6) is 5.75 Å². The summed E-state index contributed by atoms with van der Waals surface area (Å²) in [5.74, 6) is -1.04. The van der Waals surface area contributed by atoms with Crippen molar-refractivity contribution < 1.29 is 24.0 Å². The van der Waals surface area contributed by atoms with E-state index in [1.807, 2.05) is 0 Å². The number of rotatable bonds is 6. The van der Waals surface area contributed by atoms with Crippen LogP contribution < -0.4 is 10.1 Å². The Bertz CT molecular complexity index is 1190. The molecule has 0 bridgehead atoms. The molecule has 2 heterocycles. The lowest BCUT2D eigenvalue weighted by molar-refractivity contribution is -0.385. The Morgan fingerprint density at radius 3 is 2.54 bits per heavy atom. The van der Waals surface area contributed by atoms with Crippen molar-refractivity contribution in [1.29, 1.82) is 0 Å². The highest BCUT2D eigenvalue weighted by atomic mass is 32.2. The molecule has 1 atom stereocenters. The van der Waals surface area contributed by atoms with Crippen LogP contribution in [0.2, 0.25) is 0 Å². The molecule has 0 saturated carbocycles. The molecule has 0 aliphatic carbocycles. The zero-order chi connectivity index (χ0) is 24.9. The molecule has 1 unspecified atom stereocenters. The smallest absolute Gasteiger partial charge is 0.343 e. The Labute approximate surface area is 205 Å². The summed E-state index contributed by atoms with van der Waals surface area (Å²) in [4.78, 5) is 53.8.